The van der Waals surface area contributed by atoms with Gasteiger partial charge in [-0.3, -0.25) is 0 Å². The fraction of sp³-hybridized carbons (Fsp3) is 0.500. The van der Waals surface area contributed by atoms with Crippen molar-refractivity contribution >= 4 is 0 Å². The number of nitrogens with two attached hydrogens (primary N) is 1. The van der Waals surface area contributed by atoms with Crippen LogP contribution in [0.15, 0.2) is 24.3 Å². The first-order valence-electron chi connectivity index (χ1n) is 5.15. The van der Waals surface area contributed by atoms with Gasteiger partial charge in [0.1, 0.15) is 5.75 Å². The summed E-state index contributed by atoms with van der Waals surface area (Å²) < 4.78 is 5.14. The highest BCUT2D eigenvalue weighted by Gasteiger charge is 2.36. The lowest BCUT2D eigenvalue weighted by Gasteiger charge is -2.41. The van der Waals surface area contributed by atoms with Crippen molar-refractivity contribution in [1.82, 2.24) is 0 Å². The molecule has 2 N–H and O–H groups in total. The number of methoxy groups -OCH3 is 1. The first kappa shape index (κ1) is 9.53. The molecule has 1 aromatic rings. The van der Waals surface area contributed by atoms with Gasteiger partial charge in [-0.25, -0.2) is 0 Å². The van der Waals surface area contributed by atoms with E-state index in [1.807, 2.05) is 12.1 Å². The molecule has 2 heteroatoms. The molecule has 0 bridgehead atoms. The molecule has 0 saturated heterocycles. The molecule has 1 saturated carbocycles. The first-order valence-corrected chi connectivity index (χ1v) is 5.15. The van der Waals surface area contributed by atoms with Crippen molar-refractivity contribution in [2.75, 3.05) is 13.7 Å². The lowest BCUT2D eigenvalue weighted by atomic mass is 9.64. The predicted octanol–water partition coefficient (Wildman–Crippen LogP) is 2.08. The van der Waals surface area contributed by atoms with Crippen molar-refractivity contribution in [3.63, 3.8) is 0 Å². The van der Waals surface area contributed by atoms with Crippen LogP contribution in [0, 0.1) is 0 Å². The molecule has 2 nitrogen and oxygen atoms in total. The van der Waals surface area contributed by atoms with E-state index in [-0.39, 0.29) is 5.41 Å². The zero-order valence-electron chi connectivity index (χ0n) is 8.62. The van der Waals surface area contributed by atoms with Crippen LogP contribution in [-0.2, 0) is 5.41 Å². The summed E-state index contributed by atoms with van der Waals surface area (Å²) in [6.45, 7) is 0.763. The van der Waals surface area contributed by atoms with E-state index in [2.05, 4.69) is 12.1 Å². The molecule has 1 aromatic carbocycles. The van der Waals surface area contributed by atoms with Crippen LogP contribution < -0.4 is 10.5 Å². The minimum absolute atomic E-state index is 0.270. The molecule has 1 aliphatic rings. The second-order valence-electron chi connectivity index (χ2n) is 4.07. The lowest BCUT2D eigenvalue weighted by molar-refractivity contribution is 0.253. The third-order valence-electron chi connectivity index (χ3n) is 3.40. The highest BCUT2D eigenvalue weighted by atomic mass is 16.5. The van der Waals surface area contributed by atoms with Crippen molar-refractivity contribution in [3.05, 3.63) is 29.8 Å². The van der Waals surface area contributed by atoms with E-state index in [0.717, 1.165) is 12.3 Å². The Balaban J connectivity index is 2.23. The Labute approximate surface area is 85.1 Å². The maximum Gasteiger partial charge on any atom is 0.118 e. The molecule has 76 valence electrons. The van der Waals surface area contributed by atoms with E-state index >= 15 is 0 Å². The molecule has 1 fully saturated rings. The number of benzene rings is 1. The van der Waals surface area contributed by atoms with Gasteiger partial charge in [0.15, 0.2) is 0 Å². The fourth-order valence-electron chi connectivity index (χ4n) is 2.16. The molecule has 0 radical (unpaired) electrons. The standard InChI is InChI=1S/C12H17NO/c1-14-11-5-3-10(4-6-11)12(9-13)7-2-8-12/h3-6H,2,7-9,13H2,1H3. The second kappa shape index (κ2) is 3.62. The average molecular weight is 191 g/mol. The molecule has 0 unspecified atom stereocenters. The number of hydrogen-bond acceptors (Lipinski definition) is 2. The molecule has 1 aliphatic carbocycles. The Morgan fingerprint density at radius 2 is 1.93 bits per heavy atom. The van der Waals surface area contributed by atoms with Crippen molar-refractivity contribution in [3.8, 4) is 5.75 Å². The van der Waals surface area contributed by atoms with E-state index in [1.165, 1.54) is 24.8 Å². The van der Waals surface area contributed by atoms with Crippen LogP contribution >= 0.6 is 0 Å². The predicted molar refractivity (Wildman–Crippen MR) is 57.6 cm³/mol. The summed E-state index contributed by atoms with van der Waals surface area (Å²) in [6, 6.07) is 8.33. The summed E-state index contributed by atoms with van der Waals surface area (Å²) in [5.41, 5.74) is 7.48. The van der Waals surface area contributed by atoms with Crippen LogP contribution in [0.25, 0.3) is 0 Å². The largest absolute Gasteiger partial charge is 0.497 e. The van der Waals surface area contributed by atoms with E-state index in [9.17, 15) is 0 Å². The molecule has 0 aromatic heterocycles. The van der Waals surface area contributed by atoms with Gasteiger partial charge in [-0.2, -0.15) is 0 Å². The fourth-order valence-corrected chi connectivity index (χ4v) is 2.16. The van der Waals surface area contributed by atoms with Crippen LogP contribution in [0.3, 0.4) is 0 Å². The van der Waals surface area contributed by atoms with Gasteiger partial charge in [0, 0.05) is 12.0 Å². The minimum atomic E-state index is 0.270. The molecule has 0 spiro atoms. The van der Waals surface area contributed by atoms with Gasteiger partial charge in [-0.05, 0) is 30.5 Å². The maximum atomic E-state index is 5.84. The maximum absolute atomic E-state index is 5.84. The monoisotopic (exact) mass is 191 g/mol. The van der Waals surface area contributed by atoms with Gasteiger partial charge in [-0.15, -0.1) is 0 Å². The van der Waals surface area contributed by atoms with Gasteiger partial charge < -0.3 is 10.5 Å². The van der Waals surface area contributed by atoms with Gasteiger partial charge in [0.2, 0.25) is 0 Å². The number of hydrogen-bond donors (Lipinski definition) is 1. The summed E-state index contributed by atoms with van der Waals surface area (Å²) in [4.78, 5) is 0. The third-order valence-corrected chi connectivity index (χ3v) is 3.40. The molecule has 0 heterocycles. The zero-order chi connectivity index (χ0) is 10.0. The Hall–Kier alpha value is -1.02. The minimum Gasteiger partial charge on any atom is -0.497 e. The van der Waals surface area contributed by atoms with Crippen LogP contribution in [0.5, 0.6) is 5.75 Å². The van der Waals surface area contributed by atoms with E-state index in [1.54, 1.807) is 7.11 Å². The highest BCUT2D eigenvalue weighted by molar-refractivity contribution is 5.34. The van der Waals surface area contributed by atoms with Gasteiger partial charge in [-0.1, -0.05) is 18.6 Å². The third kappa shape index (κ3) is 1.40. The van der Waals surface area contributed by atoms with E-state index < -0.39 is 0 Å². The SMILES string of the molecule is COc1ccc(C2(CN)CCC2)cc1. The lowest BCUT2D eigenvalue weighted by Crippen LogP contribution is -2.41. The summed E-state index contributed by atoms with van der Waals surface area (Å²) in [6.07, 6.45) is 3.77. The smallest absolute Gasteiger partial charge is 0.118 e. The first-order chi connectivity index (χ1) is 6.80. The molecule has 0 amide bonds. The van der Waals surface area contributed by atoms with E-state index in [0.29, 0.717) is 0 Å². The Morgan fingerprint density at radius 1 is 1.29 bits per heavy atom. The molecular formula is C12H17NO. The average Bonchev–Trinajstić information content (AvgIpc) is 2.18. The Bertz CT molecular complexity index is 295. The Morgan fingerprint density at radius 3 is 2.29 bits per heavy atom. The van der Waals surface area contributed by atoms with E-state index in [4.69, 9.17) is 10.5 Å². The van der Waals surface area contributed by atoms with Gasteiger partial charge >= 0.3 is 0 Å². The quantitative estimate of drug-likeness (QED) is 0.793. The van der Waals surface area contributed by atoms with Crippen molar-refractivity contribution in [2.45, 2.75) is 24.7 Å². The van der Waals surface area contributed by atoms with Crippen LogP contribution in [-0.4, -0.2) is 13.7 Å². The van der Waals surface area contributed by atoms with Crippen molar-refractivity contribution in [1.29, 1.82) is 0 Å². The highest BCUT2D eigenvalue weighted by Crippen LogP contribution is 2.42. The van der Waals surface area contributed by atoms with Gasteiger partial charge in [0.25, 0.3) is 0 Å². The summed E-state index contributed by atoms with van der Waals surface area (Å²) >= 11 is 0. The number of ether oxygens (including phenoxy) is 1. The van der Waals surface area contributed by atoms with Gasteiger partial charge in [0.05, 0.1) is 7.11 Å². The zero-order valence-corrected chi connectivity index (χ0v) is 8.62. The normalized spacial score (nSPS) is 18.7. The number of rotatable bonds is 3. The van der Waals surface area contributed by atoms with Crippen LogP contribution in [0.2, 0.25) is 0 Å². The summed E-state index contributed by atoms with van der Waals surface area (Å²) in [7, 11) is 1.69. The summed E-state index contributed by atoms with van der Waals surface area (Å²) in [5.74, 6) is 0.917. The molecule has 0 aliphatic heterocycles. The molecule has 2 rings (SSSR count). The summed E-state index contributed by atoms with van der Waals surface area (Å²) in [5, 5.41) is 0. The molecule has 0 atom stereocenters. The molecule has 14 heavy (non-hydrogen) atoms. The van der Waals surface area contributed by atoms with Crippen LogP contribution in [0.4, 0.5) is 0 Å². The Kier molecular flexibility index (Phi) is 2.46. The van der Waals surface area contributed by atoms with Crippen molar-refractivity contribution < 1.29 is 4.74 Å². The van der Waals surface area contributed by atoms with Crippen LogP contribution in [0.1, 0.15) is 24.8 Å². The topological polar surface area (TPSA) is 35.2 Å². The van der Waals surface area contributed by atoms with Crippen molar-refractivity contribution in [2.24, 2.45) is 5.73 Å². The second-order valence-corrected chi connectivity index (χ2v) is 4.07. The molecular weight excluding hydrogens is 174 g/mol.